The van der Waals surface area contributed by atoms with E-state index in [0.29, 0.717) is 25.3 Å². The SMILES string of the molecule is CCCN(CCC(=O)OCC)C(=O)c1ccc(C(C)(C)C)cc1. The van der Waals surface area contributed by atoms with Gasteiger partial charge in [0.1, 0.15) is 0 Å². The number of rotatable bonds is 7. The minimum Gasteiger partial charge on any atom is -0.466 e. The molecule has 0 saturated heterocycles. The maximum Gasteiger partial charge on any atom is 0.307 e. The number of esters is 1. The molecule has 1 aromatic carbocycles. The molecule has 0 radical (unpaired) electrons. The number of benzene rings is 1. The number of hydrogen-bond donors (Lipinski definition) is 0. The molecule has 0 saturated carbocycles. The number of amides is 1. The van der Waals surface area contributed by atoms with E-state index >= 15 is 0 Å². The summed E-state index contributed by atoms with van der Waals surface area (Å²) in [7, 11) is 0. The van der Waals surface area contributed by atoms with Crippen molar-refractivity contribution in [2.45, 2.75) is 52.9 Å². The molecule has 4 heteroatoms. The molecule has 0 aliphatic rings. The average Bonchev–Trinajstić information content (AvgIpc) is 2.50. The van der Waals surface area contributed by atoms with Crippen LogP contribution in [-0.2, 0) is 14.9 Å². The van der Waals surface area contributed by atoms with E-state index in [-0.39, 0.29) is 23.7 Å². The second kappa shape index (κ2) is 8.70. The molecule has 0 aliphatic carbocycles. The third-order valence-electron chi connectivity index (χ3n) is 3.67. The van der Waals surface area contributed by atoms with E-state index in [2.05, 4.69) is 20.8 Å². The second-order valence-corrected chi connectivity index (χ2v) is 6.67. The maximum absolute atomic E-state index is 12.6. The van der Waals surface area contributed by atoms with Crippen molar-refractivity contribution in [3.8, 4) is 0 Å². The van der Waals surface area contributed by atoms with Gasteiger partial charge in [0, 0.05) is 18.7 Å². The normalized spacial score (nSPS) is 11.2. The molecule has 0 unspecified atom stereocenters. The molecular formula is C19H29NO3. The number of carbonyl (C=O) groups is 2. The monoisotopic (exact) mass is 319 g/mol. The number of carbonyl (C=O) groups excluding carboxylic acids is 2. The number of nitrogens with zero attached hydrogens (tertiary/aromatic N) is 1. The molecule has 0 heterocycles. The zero-order valence-electron chi connectivity index (χ0n) is 15.0. The molecule has 1 aromatic rings. The lowest BCUT2D eigenvalue weighted by atomic mass is 9.86. The smallest absolute Gasteiger partial charge is 0.307 e. The predicted molar refractivity (Wildman–Crippen MR) is 92.6 cm³/mol. The molecule has 4 nitrogen and oxygen atoms in total. The fourth-order valence-electron chi connectivity index (χ4n) is 2.34. The quantitative estimate of drug-likeness (QED) is 0.718. The highest BCUT2D eigenvalue weighted by Gasteiger charge is 2.18. The Morgan fingerprint density at radius 2 is 1.65 bits per heavy atom. The molecule has 1 amide bonds. The summed E-state index contributed by atoms with van der Waals surface area (Å²) in [6.07, 6.45) is 1.09. The van der Waals surface area contributed by atoms with Crippen LogP contribution in [0.15, 0.2) is 24.3 Å². The molecule has 23 heavy (non-hydrogen) atoms. The molecule has 0 aliphatic heterocycles. The van der Waals surface area contributed by atoms with Crippen molar-refractivity contribution in [2.75, 3.05) is 19.7 Å². The van der Waals surface area contributed by atoms with Gasteiger partial charge in [0.15, 0.2) is 0 Å². The summed E-state index contributed by atoms with van der Waals surface area (Å²) >= 11 is 0. The Kier molecular flexibility index (Phi) is 7.27. The first-order valence-corrected chi connectivity index (χ1v) is 8.35. The van der Waals surface area contributed by atoms with Crippen molar-refractivity contribution in [1.82, 2.24) is 4.90 Å². The molecular weight excluding hydrogens is 290 g/mol. The van der Waals surface area contributed by atoms with Crippen LogP contribution >= 0.6 is 0 Å². The number of hydrogen-bond acceptors (Lipinski definition) is 3. The topological polar surface area (TPSA) is 46.6 Å². The van der Waals surface area contributed by atoms with Gasteiger partial charge < -0.3 is 9.64 Å². The molecule has 0 N–H and O–H groups in total. The van der Waals surface area contributed by atoms with Gasteiger partial charge >= 0.3 is 5.97 Å². The Hall–Kier alpha value is -1.84. The molecule has 0 spiro atoms. The Labute approximate surface area is 139 Å². The highest BCUT2D eigenvalue weighted by molar-refractivity contribution is 5.94. The van der Waals surface area contributed by atoms with Gasteiger partial charge in [-0.15, -0.1) is 0 Å². The Morgan fingerprint density at radius 3 is 2.13 bits per heavy atom. The van der Waals surface area contributed by atoms with E-state index in [0.717, 1.165) is 6.42 Å². The van der Waals surface area contributed by atoms with Gasteiger partial charge in [-0.25, -0.2) is 0 Å². The molecule has 0 atom stereocenters. The zero-order valence-corrected chi connectivity index (χ0v) is 15.0. The van der Waals surface area contributed by atoms with Crippen LogP contribution in [0, 0.1) is 0 Å². The largest absolute Gasteiger partial charge is 0.466 e. The van der Waals surface area contributed by atoms with Crippen molar-refractivity contribution in [1.29, 1.82) is 0 Å². The van der Waals surface area contributed by atoms with Gasteiger partial charge in [0.2, 0.25) is 0 Å². The highest BCUT2D eigenvalue weighted by atomic mass is 16.5. The van der Waals surface area contributed by atoms with Gasteiger partial charge in [-0.3, -0.25) is 9.59 Å². The first kappa shape index (κ1) is 19.2. The van der Waals surface area contributed by atoms with E-state index in [1.807, 2.05) is 31.2 Å². The van der Waals surface area contributed by atoms with E-state index in [1.54, 1.807) is 11.8 Å². The Morgan fingerprint density at radius 1 is 1.04 bits per heavy atom. The highest BCUT2D eigenvalue weighted by Crippen LogP contribution is 2.22. The van der Waals surface area contributed by atoms with E-state index in [4.69, 9.17) is 4.74 Å². The van der Waals surface area contributed by atoms with Crippen molar-refractivity contribution >= 4 is 11.9 Å². The zero-order chi connectivity index (χ0) is 17.5. The maximum atomic E-state index is 12.6. The minimum absolute atomic E-state index is 0.0309. The molecule has 0 aromatic heterocycles. The van der Waals surface area contributed by atoms with Gasteiger partial charge in [0.05, 0.1) is 13.0 Å². The lowest BCUT2D eigenvalue weighted by Crippen LogP contribution is -2.34. The Bertz CT molecular complexity index is 514. The molecule has 1 rings (SSSR count). The summed E-state index contributed by atoms with van der Waals surface area (Å²) < 4.78 is 4.93. The van der Waals surface area contributed by atoms with Gasteiger partial charge in [-0.1, -0.05) is 39.8 Å². The van der Waals surface area contributed by atoms with Crippen LogP contribution in [-0.4, -0.2) is 36.5 Å². The van der Waals surface area contributed by atoms with Crippen molar-refractivity contribution in [3.05, 3.63) is 35.4 Å². The van der Waals surface area contributed by atoms with Crippen molar-refractivity contribution in [3.63, 3.8) is 0 Å². The summed E-state index contributed by atoms with van der Waals surface area (Å²) in [5, 5.41) is 0. The minimum atomic E-state index is -0.260. The second-order valence-electron chi connectivity index (χ2n) is 6.67. The van der Waals surface area contributed by atoms with Crippen LogP contribution in [0.2, 0.25) is 0 Å². The molecule has 0 bridgehead atoms. The van der Waals surface area contributed by atoms with E-state index in [1.165, 1.54) is 5.56 Å². The van der Waals surface area contributed by atoms with Crippen LogP contribution in [0.5, 0.6) is 0 Å². The van der Waals surface area contributed by atoms with Crippen LogP contribution in [0.25, 0.3) is 0 Å². The lowest BCUT2D eigenvalue weighted by Gasteiger charge is -2.23. The van der Waals surface area contributed by atoms with Crippen LogP contribution in [0.1, 0.15) is 63.4 Å². The van der Waals surface area contributed by atoms with Gasteiger partial charge in [-0.05, 0) is 36.5 Å². The first-order valence-electron chi connectivity index (χ1n) is 8.35. The standard InChI is InChI=1S/C19H29NO3/c1-6-13-20(14-12-17(21)23-7-2)18(22)15-8-10-16(11-9-15)19(3,4)5/h8-11H,6-7,12-14H2,1-5H3. The Balaban J connectivity index is 2.78. The summed E-state index contributed by atoms with van der Waals surface area (Å²) in [5.74, 6) is -0.291. The lowest BCUT2D eigenvalue weighted by molar-refractivity contribution is -0.143. The fraction of sp³-hybridized carbons (Fsp3) is 0.579. The predicted octanol–water partition coefficient (Wildman–Crippen LogP) is 3.79. The third-order valence-corrected chi connectivity index (χ3v) is 3.67. The summed E-state index contributed by atoms with van der Waals surface area (Å²) in [6.45, 7) is 11.6. The fourth-order valence-corrected chi connectivity index (χ4v) is 2.34. The van der Waals surface area contributed by atoms with E-state index in [9.17, 15) is 9.59 Å². The van der Waals surface area contributed by atoms with Crippen molar-refractivity contribution in [2.24, 2.45) is 0 Å². The van der Waals surface area contributed by atoms with Gasteiger partial charge in [-0.2, -0.15) is 0 Å². The average molecular weight is 319 g/mol. The van der Waals surface area contributed by atoms with Crippen molar-refractivity contribution < 1.29 is 14.3 Å². The summed E-state index contributed by atoms with van der Waals surface area (Å²) in [4.78, 5) is 25.9. The van der Waals surface area contributed by atoms with Gasteiger partial charge in [0.25, 0.3) is 5.91 Å². The summed E-state index contributed by atoms with van der Waals surface area (Å²) in [6, 6.07) is 7.75. The van der Waals surface area contributed by atoms with Crippen LogP contribution < -0.4 is 0 Å². The number of ether oxygens (including phenoxy) is 1. The van der Waals surface area contributed by atoms with Crippen LogP contribution in [0.3, 0.4) is 0 Å². The molecule has 128 valence electrons. The summed E-state index contributed by atoms with van der Waals surface area (Å²) in [5.41, 5.74) is 1.92. The van der Waals surface area contributed by atoms with Crippen LogP contribution in [0.4, 0.5) is 0 Å². The van der Waals surface area contributed by atoms with E-state index < -0.39 is 0 Å². The third kappa shape index (κ3) is 6.05. The first-order chi connectivity index (χ1) is 10.8. The molecule has 0 fully saturated rings.